The lowest BCUT2D eigenvalue weighted by molar-refractivity contribution is 0.198. The maximum atomic E-state index is 11.1. The minimum absolute atomic E-state index is 0.489. The Kier molecular flexibility index (Phi) is 3.63. The number of hydrogen-bond donors (Lipinski definition) is 0. The Bertz CT molecular complexity index is 156. The van der Waals surface area contributed by atoms with Crippen LogP contribution in [0.2, 0.25) is 0 Å². The number of hydrogen-bond acceptors (Lipinski definition) is 2. The molecule has 2 atom stereocenters. The van der Waals surface area contributed by atoms with E-state index in [9.17, 15) is 4.21 Å². The monoisotopic (exact) mass is 174 g/mol. The van der Waals surface area contributed by atoms with Crippen LogP contribution < -0.4 is 0 Å². The van der Waals surface area contributed by atoms with Gasteiger partial charge in [-0.05, 0) is 12.8 Å². The van der Waals surface area contributed by atoms with Gasteiger partial charge in [0.15, 0.2) is 0 Å². The molecule has 1 fully saturated rings. The van der Waals surface area contributed by atoms with Crippen LogP contribution in [0.15, 0.2) is 12.8 Å². The Morgan fingerprint density at radius 3 is 3.18 bits per heavy atom. The van der Waals surface area contributed by atoms with E-state index < -0.39 is 10.8 Å². The minimum Gasteiger partial charge on any atom is -0.501 e. The standard InChI is InChI=1S/C8H14O2S/c1-2-10-6-8-4-3-5-11(9)7-8/h2,8H,1,3-7H2. The van der Waals surface area contributed by atoms with Crippen molar-refractivity contribution in [3.05, 3.63) is 12.8 Å². The van der Waals surface area contributed by atoms with Gasteiger partial charge in [0, 0.05) is 28.2 Å². The Hall–Kier alpha value is -0.310. The fourth-order valence-corrected chi connectivity index (χ4v) is 2.74. The van der Waals surface area contributed by atoms with Gasteiger partial charge in [-0.15, -0.1) is 0 Å². The van der Waals surface area contributed by atoms with Gasteiger partial charge in [0.1, 0.15) is 0 Å². The predicted molar refractivity (Wildman–Crippen MR) is 46.7 cm³/mol. The molecule has 0 N–H and O–H groups in total. The summed E-state index contributed by atoms with van der Waals surface area (Å²) >= 11 is 0. The Labute approximate surface area is 70.1 Å². The van der Waals surface area contributed by atoms with E-state index in [1.165, 1.54) is 6.26 Å². The van der Waals surface area contributed by atoms with Crippen molar-refractivity contribution >= 4 is 10.8 Å². The normalized spacial score (nSPS) is 31.3. The third-order valence-corrected chi connectivity index (χ3v) is 3.44. The van der Waals surface area contributed by atoms with Crippen LogP contribution in [0.4, 0.5) is 0 Å². The topological polar surface area (TPSA) is 26.3 Å². The smallest absolute Gasteiger partial charge is 0.0909 e. The van der Waals surface area contributed by atoms with Gasteiger partial charge in [-0.25, -0.2) is 0 Å². The molecule has 0 bridgehead atoms. The fourth-order valence-electron chi connectivity index (χ4n) is 1.30. The van der Waals surface area contributed by atoms with Crippen molar-refractivity contribution < 1.29 is 8.95 Å². The lowest BCUT2D eigenvalue weighted by atomic mass is 10.1. The molecule has 0 radical (unpaired) electrons. The van der Waals surface area contributed by atoms with E-state index in [0.717, 1.165) is 24.3 Å². The molecule has 1 saturated heterocycles. The molecular weight excluding hydrogens is 160 g/mol. The molecule has 2 unspecified atom stereocenters. The van der Waals surface area contributed by atoms with Crippen LogP contribution in [-0.2, 0) is 15.5 Å². The molecule has 1 aliphatic rings. The molecule has 11 heavy (non-hydrogen) atoms. The third-order valence-electron chi connectivity index (χ3n) is 1.86. The highest BCUT2D eigenvalue weighted by Gasteiger charge is 2.18. The van der Waals surface area contributed by atoms with E-state index >= 15 is 0 Å². The van der Waals surface area contributed by atoms with Gasteiger partial charge >= 0.3 is 0 Å². The quantitative estimate of drug-likeness (QED) is 0.603. The lowest BCUT2D eigenvalue weighted by Gasteiger charge is -2.20. The zero-order valence-corrected chi connectivity index (χ0v) is 7.44. The number of ether oxygens (including phenoxy) is 1. The Morgan fingerprint density at radius 2 is 2.55 bits per heavy atom. The van der Waals surface area contributed by atoms with Crippen LogP contribution in [0.3, 0.4) is 0 Å². The number of rotatable bonds is 3. The third kappa shape index (κ3) is 3.06. The van der Waals surface area contributed by atoms with E-state index in [2.05, 4.69) is 6.58 Å². The highest BCUT2D eigenvalue weighted by Crippen LogP contribution is 2.15. The molecule has 2 nitrogen and oxygen atoms in total. The molecule has 0 saturated carbocycles. The first kappa shape index (κ1) is 8.78. The first-order chi connectivity index (χ1) is 5.33. The highest BCUT2D eigenvalue weighted by atomic mass is 32.2. The molecule has 0 spiro atoms. The van der Waals surface area contributed by atoms with E-state index in [1.807, 2.05) is 0 Å². The van der Waals surface area contributed by atoms with Gasteiger partial charge in [0.25, 0.3) is 0 Å². The van der Waals surface area contributed by atoms with Crippen molar-refractivity contribution in [2.24, 2.45) is 5.92 Å². The van der Waals surface area contributed by atoms with Gasteiger partial charge in [0.2, 0.25) is 0 Å². The van der Waals surface area contributed by atoms with E-state index in [0.29, 0.717) is 12.5 Å². The second-order valence-corrected chi connectivity index (χ2v) is 4.44. The van der Waals surface area contributed by atoms with Crippen molar-refractivity contribution in [1.82, 2.24) is 0 Å². The molecule has 0 aromatic carbocycles. The van der Waals surface area contributed by atoms with Crippen molar-refractivity contribution in [2.45, 2.75) is 12.8 Å². The van der Waals surface area contributed by atoms with Crippen LogP contribution in [0.1, 0.15) is 12.8 Å². The summed E-state index contributed by atoms with van der Waals surface area (Å²) in [5, 5.41) is 0. The maximum Gasteiger partial charge on any atom is 0.0909 e. The molecular formula is C8H14O2S. The first-order valence-electron chi connectivity index (χ1n) is 3.90. The van der Waals surface area contributed by atoms with Crippen LogP contribution in [0, 0.1) is 5.92 Å². The van der Waals surface area contributed by atoms with Gasteiger partial charge in [-0.3, -0.25) is 4.21 Å². The molecule has 0 aliphatic carbocycles. The van der Waals surface area contributed by atoms with Crippen LogP contribution >= 0.6 is 0 Å². The summed E-state index contributed by atoms with van der Waals surface area (Å²) in [6.45, 7) is 4.16. The molecule has 1 rings (SSSR count). The molecule has 64 valence electrons. The average Bonchev–Trinajstić information content (AvgIpc) is 2.01. The average molecular weight is 174 g/mol. The maximum absolute atomic E-state index is 11.1. The molecule has 0 aromatic rings. The molecule has 3 heteroatoms. The van der Waals surface area contributed by atoms with E-state index in [4.69, 9.17) is 4.74 Å². The highest BCUT2D eigenvalue weighted by molar-refractivity contribution is 7.85. The summed E-state index contributed by atoms with van der Waals surface area (Å²) in [4.78, 5) is 0. The van der Waals surface area contributed by atoms with Gasteiger partial charge in [-0.1, -0.05) is 6.58 Å². The van der Waals surface area contributed by atoms with Crippen LogP contribution in [-0.4, -0.2) is 22.3 Å². The van der Waals surface area contributed by atoms with Gasteiger partial charge in [-0.2, -0.15) is 0 Å². The molecule has 1 aliphatic heterocycles. The van der Waals surface area contributed by atoms with E-state index in [1.54, 1.807) is 0 Å². The zero-order valence-electron chi connectivity index (χ0n) is 6.62. The van der Waals surface area contributed by atoms with E-state index in [-0.39, 0.29) is 0 Å². The predicted octanol–water partition coefficient (Wildman–Crippen LogP) is 1.31. The fraction of sp³-hybridized carbons (Fsp3) is 0.750. The molecule has 1 heterocycles. The van der Waals surface area contributed by atoms with Gasteiger partial charge in [0.05, 0.1) is 12.9 Å². The summed E-state index contributed by atoms with van der Waals surface area (Å²) in [6.07, 6.45) is 3.69. The van der Waals surface area contributed by atoms with Crippen molar-refractivity contribution in [3.8, 4) is 0 Å². The Balaban J connectivity index is 2.22. The summed E-state index contributed by atoms with van der Waals surface area (Å²) < 4.78 is 16.1. The zero-order chi connectivity index (χ0) is 8.10. The van der Waals surface area contributed by atoms with Crippen molar-refractivity contribution in [1.29, 1.82) is 0 Å². The van der Waals surface area contributed by atoms with Crippen molar-refractivity contribution in [3.63, 3.8) is 0 Å². The van der Waals surface area contributed by atoms with Crippen LogP contribution in [0.5, 0.6) is 0 Å². The minimum atomic E-state index is -0.588. The first-order valence-corrected chi connectivity index (χ1v) is 5.39. The van der Waals surface area contributed by atoms with Crippen LogP contribution in [0.25, 0.3) is 0 Å². The molecule has 0 aromatic heterocycles. The second-order valence-electron chi connectivity index (χ2n) is 2.82. The summed E-state index contributed by atoms with van der Waals surface area (Å²) in [6, 6.07) is 0. The largest absolute Gasteiger partial charge is 0.501 e. The van der Waals surface area contributed by atoms with Gasteiger partial charge < -0.3 is 4.74 Å². The summed E-state index contributed by atoms with van der Waals surface area (Å²) in [5.74, 6) is 2.18. The summed E-state index contributed by atoms with van der Waals surface area (Å²) in [5.41, 5.74) is 0. The Morgan fingerprint density at radius 1 is 1.73 bits per heavy atom. The van der Waals surface area contributed by atoms with Crippen molar-refractivity contribution in [2.75, 3.05) is 18.1 Å². The summed E-state index contributed by atoms with van der Waals surface area (Å²) in [7, 11) is -0.588. The molecule has 0 amide bonds. The second kappa shape index (κ2) is 4.54. The lowest BCUT2D eigenvalue weighted by Crippen LogP contribution is -2.23. The SMILES string of the molecule is C=COCC1CCCS(=O)C1.